The smallest absolute Gasteiger partial charge is 0.317 e. The molecule has 3 heterocycles. The topological polar surface area (TPSA) is 91.8 Å². The SMILES string of the molecule is Clc1cccc(-c2nc(COc3nnc(-c4ccncc4)n3C3CC3)no2)c1. The average molecular weight is 395 g/mol. The molecule has 0 bridgehead atoms. The fourth-order valence-corrected chi connectivity index (χ4v) is 3.11. The summed E-state index contributed by atoms with van der Waals surface area (Å²) in [5, 5.41) is 13.1. The normalized spacial score (nSPS) is 13.6. The first-order valence-electron chi connectivity index (χ1n) is 8.84. The van der Waals surface area contributed by atoms with Crippen molar-refractivity contribution in [2.75, 3.05) is 0 Å². The Balaban J connectivity index is 1.36. The maximum absolute atomic E-state index is 6.01. The Hall–Kier alpha value is -3.26. The summed E-state index contributed by atoms with van der Waals surface area (Å²) in [6.07, 6.45) is 5.62. The van der Waals surface area contributed by atoms with Gasteiger partial charge in [-0.05, 0) is 43.2 Å². The molecule has 28 heavy (non-hydrogen) atoms. The van der Waals surface area contributed by atoms with Gasteiger partial charge in [0.2, 0.25) is 5.82 Å². The molecule has 1 aliphatic carbocycles. The predicted octanol–water partition coefficient (Wildman–Crippen LogP) is 3.96. The van der Waals surface area contributed by atoms with E-state index in [1.165, 1.54) is 0 Å². The Kier molecular flexibility index (Phi) is 4.25. The van der Waals surface area contributed by atoms with Crippen LogP contribution in [0.5, 0.6) is 6.01 Å². The standard InChI is InChI=1S/C19H15ClN6O2/c20-14-3-1-2-13(10-14)18-22-16(25-28-18)11-27-19-24-23-17(26(19)15-4-5-15)12-6-8-21-9-7-12/h1-3,6-10,15H,4-5,11H2. The molecule has 0 aliphatic heterocycles. The number of aromatic nitrogens is 6. The van der Waals surface area contributed by atoms with Crippen molar-refractivity contribution in [3.8, 4) is 28.9 Å². The zero-order chi connectivity index (χ0) is 18.9. The van der Waals surface area contributed by atoms with Gasteiger partial charge in [0, 0.05) is 34.6 Å². The van der Waals surface area contributed by atoms with E-state index in [9.17, 15) is 0 Å². The Labute approximate surface area is 165 Å². The van der Waals surface area contributed by atoms with Gasteiger partial charge < -0.3 is 9.26 Å². The summed E-state index contributed by atoms with van der Waals surface area (Å²) in [6.45, 7) is 0.130. The van der Waals surface area contributed by atoms with Crippen LogP contribution < -0.4 is 4.74 Å². The van der Waals surface area contributed by atoms with Crippen molar-refractivity contribution in [3.05, 3.63) is 59.6 Å². The molecule has 1 aromatic carbocycles. The lowest BCUT2D eigenvalue weighted by Crippen LogP contribution is -2.05. The molecule has 0 saturated heterocycles. The zero-order valence-electron chi connectivity index (χ0n) is 14.7. The predicted molar refractivity (Wildman–Crippen MR) is 101 cm³/mol. The number of nitrogens with zero attached hydrogens (tertiary/aromatic N) is 6. The van der Waals surface area contributed by atoms with E-state index in [-0.39, 0.29) is 6.61 Å². The maximum Gasteiger partial charge on any atom is 0.317 e. The summed E-state index contributed by atoms with van der Waals surface area (Å²) in [4.78, 5) is 8.42. The van der Waals surface area contributed by atoms with Crippen LogP contribution in [0.2, 0.25) is 5.02 Å². The van der Waals surface area contributed by atoms with E-state index in [4.69, 9.17) is 20.9 Å². The van der Waals surface area contributed by atoms with Crippen molar-refractivity contribution in [2.24, 2.45) is 0 Å². The van der Waals surface area contributed by atoms with Crippen molar-refractivity contribution >= 4 is 11.6 Å². The highest BCUT2D eigenvalue weighted by Crippen LogP contribution is 2.41. The second-order valence-corrected chi connectivity index (χ2v) is 6.89. The van der Waals surface area contributed by atoms with Gasteiger partial charge in [-0.3, -0.25) is 9.55 Å². The van der Waals surface area contributed by atoms with Crippen molar-refractivity contribution in [2.45, 2.75) is 25.5 Å². The first-order chi connectivity index (χ1) is 13.8. The van der Waals surface area contributed by atoms with Gasteiger partial charge in [-0.2, -0.15) is 4.98 Å². The Morgan fingerprint density at radius 2 is 1.96 bits per heavy atom. The van der Waals surface area contributed by atoms with Crippen molar-refractivity contribution < 1.29 is 9.26 Å². The van der Waals surface area contributed by atoms with Gasteiger partial charge in [0.25, 0.3) is 5.89 Å². The highest BCUT2D eigenvalue weighted by Gasteiger charge is 2.31. The molecule has 4 aromatic rings. The van der Waals surface area contributed by atoms with Crippen LogP contribution in [-0.2, 0) is 6.61 Å². The lowest BCUT2D eigenvalue weighted by molar-refractivity contribution is 0.252. The van der Waals surface area contributed by atoms with E-state index in [2.05, 4.69) is 25.3 Å². The fraction of sp³-hybridized carbons (Fsp3) is 0.211. The zero-order valence-corrected chi connectivity index (χ0v) is 15.5. The summed E-state index contributed by atoms with van der Waals surface area (Å²) in [5.74, 6) is 1.58. The molecular weight excluding hydrogens is 380 g/mol. The summed E-state index contributed by atoms with van der Waals surface area (Å²) in [5.41, 5.74) is 1.71. The average Bonchev–Trinajstić information content (AvgIpc) is 3.29. The van der Waals surface area contributed by atoms with Gasteiger partial charge in [-0.1, -0.05) is 27.9 Å². The monoisotopic (exact) mass is 394 g/mol. The Morgan fingerprint density at radius 3 is 2.75 bits per heavy atom. The van der Waals surface area contributed by atoms with Crippen molar-refractivity contribution in [1.82, 2.24) is 29.9 Å². The Morgan fingerprint density at radius 1 is 1.11 bits per heavy atom. The molecule has 5 rings (SSSR count). The van der Waals surface area contributed by atoms with Gasteiger partial charge in [0.15, 0.2) is 12.4 Å². The van der Waals surface area contributed by atoms with E-state index in [1.807, 2.05) is 28.8 Å². The second kappa shape index (κ2) is 7.05. The molecule has 0 atom stereocenters. The molecule has 3 aromatic heterocycles. The van der Waals surface area contributed by atoms with Crippen molar-refractivity contribution in [1.29, 1.82) is 0 Å². The molecule has 0 N–H and O–H groups in total. The number of benzene rings is 1. The third-order valence-electron chi connectivity index (χ3n) is 4.39. The van der Waals surface area contributed by atoms with Crippen molar-refractivity contribution in [3.63, 3.8) is 0 Å². The van der Waals surface area contributed by atoms with Crippen LogP contribution in [0.1, 0.15) is 24.7 Å². The highest BCUT2D eigenvalue weighted by atomic mass is 35.5. The summed E-state index contributed by atoms with van der Waals surface area (Å²) in [7, 11) is 0. The lowest BCUT2D eigenvalue weighted by Gasteiger charge is -2.08. The molecule has 0 radical (unpaired) electrons. The van der Waals surface area contributed by atoms with E-state index >= 15 is 0 Å². The summed E-state index contributed by atoms with van der Waals surface area (Å²) in [6, 6.07) is 11.8. The lowest BCUT2D eigenvalue weighted by atomic mass is 10.2. The van der Waals surface area contributed by atoms with Crippen LogP contribution in [0.15, 0.2) is 53.3 Å². The van der Waals surface area contributed by atoms with Crippen LogP contribution in [0.25, 0.3) is 22.8 Å². The minimum absolute atomic E-state index is 0.130. The third kappa shape index (κ3) is 3.34. The molecule has 0 spiro atoms. The number of ether oxygens (including phenoxy) is 1. The highest BCUT2D eigenvalue weighted by molar-refractivity contribution is 6.30. The van der Waals surface area contributed by atoms with Gasteiger partial charge >= 0.3 is 6.01 Å². The molecule has 1 aliphatic rings. The largest absolute Gasteiger partial charge is 0.455 e. The van der Waals surface area contributed by atoms with Crippen LogP contribution in [0.3, 0.4) is 0 Å². The summed E-state index contributed by atoms with van der Waals surface area (Å²) >= 11 is 6.01. The van der Waals surface area contributed by atoms with Gasteiger partial charge in [-0.25, -0.2) is 0 Å². The molecule has 0 amide bonds. The number of rotatable bonds is 6. The fourth-order valence-electron chi connectivity index (χ4n) is 2.92. The number of halogens is 1. The molecule has 1 fully saturated rings. The van der Waals surface area contributed by atoms with Crippen LogP contribution >= 0.6 is 11.6 Å². The number of hydrogen-bond donors (Lipinski definition) is 0. The van der Waals surface area contributed by atoms with Crippen LogP contribution in [0, 0.1) is 0 Å². The van der Waals surface area contributed by atoms with Gasteiger partial charge in [-0.15, -0.1) is 5.10 Å². The first-order valence-corrected chi connectivity index (χ1v) is 9.22. The number of hydrogen-bond acceptors (Lipinski definition) is 7. The van der Waals surface area contributed by atoms with Gasteiger partial charge in [0.05, 0.1) is 0 Å². The van der Waals surface area contributed by atoms with Gasteiger partial charge in [0.1, 0.15) is 0 Å². The van der Waals surface area contributed by atoms with E-state index in [1.54, 1.807) is 24.5 Å². The molecule has 1 saturated carbocycles. The molecule has 9 heteroatoms. The molecular formula is C19H15ClN6O2. The second-order valence-electron chi connectivity index (χ2n) is 6.46. The van der Waals surface area contributed by atoms with E-state index < -0.39 is 0 Å². The van der Waals surface area contributed by atoms with Crippen LogP contribution in [-0.4, -0.2) is 29.9 Å². The minimum atomic E-state index is 0.130. The summed E-state index contributed by atoms with van der Waals surface area (Å²) < 4.78 is 13.2. The third-order valence-corrected chi connectivity index (χ3v) is 4.62. The Bertz CT molecular complexity index is 1110. The van der Waals surface area contributed by atoms with E-state index in [0.29, 0.717) is 28.8 Å². The minimum Gasteiger partial charge on any atom is -0.455 e. The first kappa shape index (κ1) is 16.9. The quantitative estimate of drug-likeness (QED) is 0.488. The molecule has 0 unspecified atom stereocenters. The van der Waals surface area contributed by atoms with Crippen LogP contribution in [0.4, 0.5) is 0 Å². The maximum atomic E-state index is 6.01. The molecule has 140 valence electrons. The van der Waals surface area contributed by atoms with E-state index in [0.717, 1.165) is 29.8 Å². The molecule has 8 nitrogen and oxygen atoms in total. The number of pyridine rings is 1.